The van der Waals surface area contributed by atoms with Crippen LogP contribution in [0.4, 0.5) is 4.39 Å². The fourth-order valence-electron chi connectivity index (χ4n) is 2.17. The molecule has 0 saturated carbocycles. The first-order valence-electron chi connectivity index (χ1n) is 6.60. The van der Waals surface area contributed by atoms with Crippen molar-refractivity contribution in [3.05, 3.63) is 71.9 Å². The van der Waals surface area contributed by atoms with E-state index in [0.29, 0.717) is 11.5 Å². The Morgan fingerprint density at radius 2 is 1.71 bits per heavy atom. The smallest absolute Gasteiger partial charge is 0.250 e. The number of halogens is 1. The minimum absolute atomic E-state index is 0.180. The lowest BCUT2D eigenvalue weighted by Gasteiger charge is -2.11. The third kappa shape index (κ3) is 2.68. The predicted octanol–water partition coefficient (Wildman–Crippen LogP) is 3.18. The van der Waals surface area contributed by atoms with Crippen molar-refractivity contribution in [2.24, 2.45) is 0 Å². The van der Waals surface area contributed by atoms with Gasteiger partial charge in [-0.3, -0.25) is 0 Å². The molecule has 1 unspecified atom stereocenters. The summed E-state index contributed by atoms with van der Waals surface area (Å²) in [6.45, 7) is 0. The van der Waals surface area contributed by atoms with Gasteiger partial charge in [0.25, 0.3) is 5.89 Å². The maximum absolute atomic E-state index is 13.7. The zero-order valence-electron chi connectivity index (χ0n) is 11.5. The van der Waals surface area contributed by atoms with Crippen molar-refractivity contribution < 1.29 is 8.81 Å². The number of aromatic nitrogens is 2. The molecule has 2 aromatic carbocycles. The molecule has 0 fully saturated rings. The Kier molecular flexibility index (Phi) is 3.75. The van der Waals surface area contributed by atoms with Crippen LogP contribution in [-0.2, 0) is 0 Å². The van der Waals surface area contributed by atoms with Gasteiger partial charge < -0.3 is 9.73 Å². The van der Waals surface area contributed by atoms with Crippen molar-refractivity contribution in [3.63, 3.8) is 0 Å². The summed E-state index contributed by atoms with van der Waals surface area (Å²) in [5.74, 6) is 0.203. The van der Waals surface area contributed by atoms with E-state index in [1.54, 1.807) is 18.2 Å². The molecule has 21 heavy (non-hydrogen) atoms. The first-order chi connectivity index (χ1) is 10.3. The Morgan fingerprint density at radius 1 is 1.00 bits per heavy atom. The summed E-state index contributed by atoms with van der Waals surface area (Å²) in [5.41, 5.74) is 1.31. The highest BCUT2D eigenvalue weighted by Crippen LogP contribution is 2.25. The van der Waals surface area contributed by atoms with E-state index in [2.05, 4.69) is 15.5 Å². The molecule has 0 aliphatic rings. The van der Waals surface area contributed by atoms with Gasteiger partial charge in [-0.2, -0.15) is 0 Å². The van der Waals surface area contributed by atoms with Crippen LogP contribution in [0.15, 0.2) is 59.0 Å². The summed E-state index contributed by atoms with van der Waals surface area (Å²) in [6, 6.07) is 15.9. The second-order valence-electron chi connectivity index (χ2n) is 4.56. The number of nitrogens with one attached hydrogen (secondary N) is 1. The predicted molar refractivity (Wildman–Crippen MR) is 77.0 cm³/mol. The first kappa shape index (κ1) is 13.5. The van der Waals surface area contributed by atoms with Crippen LogP contribution in [0.5, 0.6) is 0 Å². The van der Waals surface area contributed by atoms with E-state index in [4.69, 9.17) is 4.42 Å². The molecule has 0 spiro atoms. The normalized spacial score (nSPS) is 12.3. The molecule has 1 aromatic heterocycles. The molecular formula is C16H14FN3O. The Balaban J connectivity index is 1.96. The van der Waals surface area contributed by atoms with E-state index >= 15 is 0 Å². The van der Waals surface area contributed by atoms with Gasteiger partial charge in [0.15, 0.2) is 0 Å². The Bertz CT molecular complexity index is 727. The Labute approximate surface area is 121 Å². The molecule has 106 valence electrons. The highest BCUT2D eigenvalue weighted by Gasteiger charge is 2.20. The molecule has 0 radical (unpaired) electrons. The summed E-state index contributed by atoms with van der Waals surface area (Å²) in [4.78, 5) is 0. The maximum Gasteiger partial charge on any atom is 0.250 e. The van der Waals surface area contributed by atoms with Gasteiger partial charge in [-0.15, -0.1) is 10.2 Å². The minimum atomic E-state index is -0.381. The number of benzene rings is 2. The van der Waals surface area contributed by atoms with Crippen molar-refractivity contribution in [2.75, 3.05) is 7.05 Å². The summed E-state index contributed by atoms with van der Waals surface area (Å²) in [6.07, 6.45) is 0. The second kappa shape index (κ2) is 5.85. The second-order valence-corrected chi connectivity index (χ2v) is 4.56. The Hall–Kier alpha value is -2.53. The van der Waals surface area contributed by atoms with Crippen LogP contribution in [0.3, 0.4) is 0 Å². The zero-order valence-corrected chi connectivity index (χ0v) is 11.5. The van der Waals surface area contributed by atoms with Crippen molar-refractivity contribution in [2.45, 2.75) is 6.04 Å². The fraction of sp³-hybridized carbons (Fsp3) is 0.125. The highest BCUT2D eigenvalue weighted by atomic mass is 19.1. The van der Waals surface area contributed by atoms with Crippen molar-refractivity contribution in [3.8, 4) is 11.5 Å². The lowest BCUT2D eigenvalue weighted by molar-refractivity contribution is 0.454. The van der Waals surface area contributed by atoms with Gasteiger partial charge in [0, 0.05) is 0 Å². The molecule has 1 heterocycles. The van der Waals surface area contributed by atoms with Crippen LogP contribution in [-0.4, -0.2) is 17.2 Å². The van der Waals surface area contributed by atoms with Gasteiger partial charge in [-0.1, -0.05) is 42.5 Å². The van der Waals surface area contributed by atoms with Gasteiger partial charge in [0.2, 0.25) is 5.89 Å². The van der Waals surface area contributed by atoms with Gasteiger partial charge in [-0.05, 0) is 24.7 Å². The van der Waals surface area contributed by atoms with E-state index in [1.807, 2.05) is 37.4 Å². The van der Waals surface area contributed by atoms with Crippen LogP contribution in [0.1, 0.15) is 17.5 Å². The zero-order chi connectivity index (χ0) is 14.7. The molecule has 0 amide bonds. The third-order valence-corrected chi connectivity index (χ3v) is 3.21. The highest BCUT2D eigenvalue weighted by molar-refractivity contribution is 5.53. The molecule has 5 heteroatoms. The lowest BCUT2D eigenvalue weighted by atomic mass is 10.1. The minimum Gasteiger partial charge on any atom is -0.418 e. The van der Waals surface area contributed by atoms with E-state index < -0.39 is 0 Å². The molecule has 0 aliphatic heterocycles. The number of rotatable bonds is 4. The van der Waals surface area contributed by atoms with Crippen LogP contribution in [0, 0.1) is 5.82 Å². The lowest BCUT2D eigenvalue weighted by Crippen LogP contribution is -2.17. The third-order valence-electron chi connectivity index (χ3n) is 3.21. The van der Waals surface area contributed by atoms with E-state index in [9.17, 15) is 4.39 Å². The van der Waals surface area contributed by atoms with Gasteiger partial charge >= 0.3 is 0 Å². The summed E-state index contributed by atoms with van der Waals surface area (Å²) in [5, 5.41) is 11.1. The van der Waals surface area contributed by atoms with Crippen LogP contribution < -0.4 is 5.32 Å². The number of nitrogens with zero attached hydrogens (tertiary/aromatic N) is 2. The van der Waals surface area contributed by atoms with E-state index in [0.717, 1.165) is 5.56 Å². The Morgan fingerprint density at radius 3 is 2.43 bits per heavy atom. The molecule has 0 bridgehead atoms. The summed E-state index contributed by atoms with van der Waals surface area (Å²) >= 11 is 0. The monoisotopic (exact) mass is 283 g/mol. The molecular weight excluding hydrogens is 269 g/mol. The van der Waals surface area contributed by atoms with Crippen LogP contribution in [0.25, 0.3) is 11.5 Å². The van der Waals surface area contributed by atoms with Gasteiger partial charge in [-0.25, -0.2) is 4.39 Å². The molecule has 4 nitrogen and oxygen atoms in total. The van der Waals surface area contributed by atoms with Crippen molar-refractivity contribution >= 4 is 0 Å². The average Bonchev–Trinajstić information content (AvgIpc) is 2.99. The van der Waals surface area contributed by atoms with E-state index in [1.165, 1.54) is 6.07 Å². The molecule has 3 aromatic rings. The molecule has 3 rings (SSSR count). The maximum atomic E-state index is 13.7. The number of hydrogen-bond donors (Lipinski definition) is 1. The van der Waals surface area contributed by atoms with Crippen molar-refractivity contribution in [1.29, 1.82) is 0 Å². The molecule has 0 saturated heterocycles. The quantitative estimate of drug-likeness (QED) is 0.799. The SMILES string of the molecule is CNC(c1ccccc1)c1nnc(-c2ccccc2F)o1. The summed E-state index contributed by atoms with van der Waals surface area (Å²) < 4.78 is 19.4. The van der Waals surface area contributed by atoms with Crippen LogP contribution in [0.2, 0.25) is 0 Å². The standard InChI is InChI=1S/C16H14FN3O/c1-18-14(11-7-3-2-4-8-11)16-20-19-15(21-16)12-9-5-6-10-13(12)17/h2-10,14,18H,1H3. The van der Waals surface area contributed by atoms with Crippen molar-refractivity contribution in [1.82, 2.24) is 15.5 Å². The molecule has 1 atom stereocenters. The molecule has 0 aliphatic carbocycles. The average molecular weight is 283 g/mol. The van der Waals surface area contributed by atoms with Gasteiger partial charge in [0.1, 0.15) is 11.9 Å². The van der Waals surface area contributed by atoms with E-state index in [-0.39, 0.29) is 17.7 Å². The fourth-order valence-corrected chi connectivity index (χ4v) is 2.17. The summed E-state index contributed by atoms with van der Waals surface area (Å²) in [7, 11) is 1.81. The van der Waals surface area contributed by atoms with Gasteiger partial charge in [0.05, 0.1) is 5.56 Å². The molecule has 1 N–H and O–H groups in total. The topological polar surface area (TPSA) is 51.0 Å². The van der Waals surface area contributed by atoms with Crippen LogP contribution >= 0.6 is 0 Å². The largest absolute Gasteiger partial charge is 0.418 e. The number of hydrogen-bond acceptors (Lipinski definition) is 4. The first-order valence-corrected chi connectivity index (χ1v) is 6.60.